The summed E-state index contributed by atoms with van der Waals surface area (Å²) in [6.07, 6.45) is 1.08. The number of piperidine rings is 1. The number of carbonyl (C=O) groups excluding carboxylic acids is 1. The Kier molecular flexibility index (Phi) is 6.76. The maximum Gasteiger partial charge on any atom is 0.335 e. The number of H-pyrrole nitrogens is 1. The van der Waals surface area contributed by atoms with Crippen LogP contribution in [0.1, 0.15) is 46.9 Å². The number of carbonyl (C=O) groups is 2. The fraction of sp³-hybridized carbons (Fsp3) is 0.450. The minimum absolute atomic E-state index is 0.185. The molecule has 1 fully saturated rings. The Balaban J connectivity index is 1.71. The van der Waals surface area contributed by atoms with Crippen LogP contribution in [0.15, 0.2) is 24.3 Å². The number of hydrogen-bond donors (Lipinski definition) is 3. The van der Waals surface area contributed by atoms with Crippen LogP contribution in [-0.4, -0.2) is 58.8 Å². The zero-order valence-corrected chi connectivity index (χ0v) is 17.2. The average Bonchev–Trinajstić information content (AvgIpc) is 3.10. The van der Waals surface area contributed by atoms with E-state index in [1.165, 1.54) is 0 Å². The molecule has 1 aromatic carbocycles. The SMILES string of the molecule is CCOC1CN(c2cccc(C(=O)O)c2)CCC1NC(=O)c1nc(Cl)c(CC)[nH]1. The molecule has 3 rings (SSSR count). The number of hydrogen-bond acceptors (Lipinski definition) is 5. The number of aromatic carboxylic acids is 1. The summed E-state index contributed by atoms with van der Waals surface area (Å²) in [6.45, 7) is 5.55. The number of nitrogens with one attached hydrogen (secondary N) is 2. The number of nitrogens with zero attached hydrogens (tertiary/aromatic N) is 2. The molecule has 1 aliphatic rings. The average molecular weight is 421 g/mol. The Morgan fingerprint density at radius 1 is 1.41 bits per heavy atom. The van der Waals surface area contributed by atoms with Crippen LogP contribution in [0.25, 0.3) is 0 Å². The molecule has 156 valence electrons. The third kappa shape index (κ3) is 4.89. The van der Waals surface area contributed by atoms with Gasteiger partial charge in [-0.2, -0.15) is 0 Å². The molecule has 0 bridgehead atoms. The first-order valence-electron chi connectivity index (χ1n) is 9.68. The van der Waals surface area contributed by atoms with Gasteiger partial charge in [0.05, 0.1) is 23.4 Å². The fourth-order valence-corrected chi connectivity index (χ4v) is 3.77. The van der Waals surface area contributed by atoms with Crippen molar-refractivity contribution in [2.75, 3.05) is 24.6 Å². The van der Waals surface area contributed by atoms with E-state index < -0.39 is 5.97 Å². The molecule has 1 saturated heterocycles. The van der Waals surface area contributed by atoms with Gasteiger partial charge in [0.2, 0.25) is 0 Å². The first-order chi connectivity index (χ1) is 13.9. The maximum atomic E-state index is 12.6. The van der Waals surface area contributed by atoms with Crippen LogP contribution in [0.4, 0.5) is 5.69 Å². The molecule has 3 N–H and O–H groups in total. The molecular formula is C20H25ClN4O4. The zero-order valence-electron chi connectivity index (χ0n) is 16.4. The second kappa shape index (κ2) is 9.28. The lowest BCUT2D eigenvalue weighted by molar-refractivity contribution is 0.0271. The van der Waals surface area contributed by atoms with Crippen molar-refractivity contribution in [2.24, 2.45) is 0 Å². The number of carboxylic acid groups (broad SMARTS) is 1. The van der Waals surface area contributed by atoms with Crippen LogP contribution in [0.5, 0.6) is 0 Å². The maximum absolute atomic E-state index is 12.6. The van der Waals surface area contributed by atoms with Gasteiger partial charge in [-0.15, -0.1) is 0 Å². The minimum Gasteiger partial charge on any atom is -0.478 e. The zero-order chi connectivity index (χ0) is 21.0. The smallest absolute Gasteiger partial charge is 0.335 e. The number of amides is 1. The Labute approximate surface area is 174 Å². The van der Waals surface area contributed by atoms with Crippen LogP contribution < -0.4 is 10.2 Å². The van der Waals surface area contributed by atoms with Crippen LogP contribution in [-0.2, 0) is 11.2 Å². The molecule has 8 nitrogen and oxygen atoms in total. The largest absolute Gasteiger partial charge is 0.478 e. The first kappa shape index (κ1) is 21.1. The highest BCUT2D eigenvalue weighted by Gasteiger charge is 2.32. The number of aryl methyl sites for hydroxylation is 1. The quantitative estimate of drug-likeness (QED) is 0.635. The molecule has 29 heavy (non-hydrogen) atoms. The van der Waals surface area contributed by atoms with Gasteiger partial charge in [-0.25, -0.2) is 9.78 Å². The van der Waals surface area contributed by atoms with Gasteiger partial charge in [0, 0.05) is 25.4 Å². The number of ether oxygens (including phenoxy) is 1. The fourth-order valence-electron chi connectivity index (χ4n) is 3.50. The minimum atomic E-state index is -0.959. The second-order valence-corrected chi connectivity index (χ2v) is 7.23. The molecule has 1 aromatic heterocycles. The van der Waals surface area contributed by atoms with E-state index in [1.807, 2.05) is 19.9 Å². The molecule has 0 spiro atoms. The van der Waals surface area contributed by atoms with E-state index in [2.05, 4.69) is 20.2 Å². The number of anilines is 1. The van der Waals surface area contributed by atoms with Crippen molar-refractivity contribution in [3.8, 4) is 0 Å². The van der Waals surface area contributed by atoms with Gasteiger partial charge < -0.3 is 25.0 Å². The monoisotopic (exact) mass is 420 g/mol. The standard InChI is InChI=1S/C20H25ClN4O4/c1-3-14-17(21)24-18(22-14)19(26)23-15-8-9-25(11-16(15)29-4-2)13-7-5-6-12(10-13)20(27)28/h5-7,10,15-16H,3-4,8-9,11H2,1-2H3,(H,22,24)(H,23,26)(H,27,28). The molecule has 1 amide bonds. The summed E-state index contributed by atoms with van der Waals surface area (Å²) in [5, 5.41) is 12.5. The molecule has 2 aromatic rings. The molecule has 9 heteroatoms. The normalized spacial score (nSPS) is 19.2. The van der Waals surface area contributed by atoms with Crippen LogP contribution in [0.2, 0.25) is 5.15 Å². The highest BCUT2D eigenvalue weighted by molar-refractivity contribution is 6.30. The van der Waals surface area contributed by atoms with E-state index in [9.17, 15) is 14.7 Å². The molecule has 1 aliphatic heterocycles. The summed E-state index contributed by atoms with van der Waals surface area (Å²) >= 11 is 6.04. The third-order valence-electron chi connectivity index (χ3n) is 5.01. The van der Waals surface area contributed by atoms with Crippen molar-refractivity contribution in [2.45, 2.75) is 38.8 Å². The summed E-state index contributed by atoms with van der Waals surface area (Å²) in [6, 6.07) is 6.65. The van der Waals surface area contributed by atoms with E-state index >= 15 is 0 Å². The van der Waals surface area contributed by atoms with E-state index in [0.29, 0.717) is 37.7 Å². The Morgan fingerprint density at radius 3 is 2.86 bits per heavy atom. The van der Waals surface area contributed by atoms with E-state index in [-0.39, 0.29) is 29.4 Å². The van der Waals surface area contributed by atoms with Gasteiger partial charge in [0.15, 0.2) is 11.0 Å². The lowest BCUT2D eigenvalue weighted by Crippen LogP contribution is -2.55. The third-order valence-corrected chi connectivity index (χ3v) is 5.32. The summed E-state index contributed by atoms with van der Waals surface area (Å²) in [4.78, 5) is 33.0. The number of aromatic amines is 1. The topological polar surface area (TPSA) is 108 Å². The second-order valence-electron chi connectivity index (χ2n) is 6.87. The number of rotatable bonds is 7. The summed E-state index contributed by atoms with van der Waals surface area (Å²) < 4.78 is 5.88. The predicted octanol–water partition coefficient (Wildman–Crippen LogP) is 2.74. The molecule has 0 aliphatic carbocycles. The lowest BCUT2D eigenvalue weighted by atomic mass is 10.0. The Hall–Kier alpha value is -2.58. The predicted molar refractivity (Wildman–Crippen MR) is 110 cm³/mol. The molecule has 0 radical (unpaired) electrons. The number of imidazole rings is 1. The number of benzene rings is 1. The van der Waals surface area contributed by atoms with Gasteiger partial charge in [0.1, 0.15) is 0 Å². The number of carboxylic acids is 1. The Morgan fingerprint density at radius 2 is 2.21 bits per heavy atom. The lowest BCUT2D eigenvalue weighted by Gasteiger charge is -2.39. The van der Waals surface area contributed by atoms with Crippen LogP contribution in [0.3, 0.4) is 0 Å². The highest BCUT2D eigenvalue weighted by atomic mass is 35.5. The molecule has 0 saturated carbocycles. The Bertz CT molecular complexity index is 885. The summed E-state index contributed by atoms with van der Waals surface area (Å²) in [5.41, 5.74) is 1.79. The highest BCUT2D eigenvalue weighted by Crippen LogP contribution is 2.23. The first-order valence-corrected chi connectivity index (χ1v) is 10.1. The molecule has 2 unspecified atom stereocenters. The van der Waals surface area contributed by atoms with Gasteiger partial charge in [-0.1, -0.05) is 24.6 Å². The number of halogens is 1. The van der Waals surface area contributed by atoms with Gasteiger partial charge in [0.25, 0.3) is 5.91 Å². The van der Waals surface area contributed by atoms with Crippen molar-refractivity contribution in [1.82, 2.24) is 15.3 Å². The summed E-state index contributed by atoms with van der Waals surface area (Å²) in [5.74, 6) is -1.08. The van der Waals surface area contributed by atoms with Crippen LogP contribution in [0, 0.1) is 0 Å². The molecule has 2 heterocycles. The molecule has 2 atom stereocenters. The van der Waals surface area contributed by atoms with Crippen molar-refractivity contribution in [3.05, 3.63) is 46.5 Å². The number of aromatic nitrogens is 2. The van der Waals surface area contributed by atoms with Crippen molar-refractivity contribution in [3.63, 3.8) is 0 Å². The van der Waals surface area contributed by atoms with E-state index in [1.54, 1.807) is 18.2 Å². The van der Waals surface area contributed by atoms with Crippen LogP contribution >= 0.6 is 11.6 Å². The van der Waals surface area contributed by atoms with Crippen molar-refractivity contribution in [1.29, 1.82) is 0 Å². The van der Waals surface area contributed by atoms with Gasteiger partial charge >= 0.3 is 5.97 Å². The van der Waals surface area contributed by atoms with Gasteiger partial charge in [-0.3, -0.25) is 4.79 Å². The van der Waals surface area contributed by atoms with Crippen molar-refractivity contribution < 1.29 is 19.4 Å². The van der Waals surface area contributed by atoms with E-state index in [0.717, 1.165) is 11.4 Å². The van der Waals surface area contributed by atoms with Crippen molar-refractivity contribution >= 4 is 29.2 Å². The van der Waals surface area contributed by atoms with Gasteiger partial charge in [-0.05, 0) is 38.0 Å². The molecular weight excluding hydrogens is 396 g/mol. The van der Waals surface area contributed by atoms with E-state index in [4.69, 9.17) is 16.3 Å². The summed E-state index contributed by atoms with van der Waals surface area (Å²) in [7, 11) is 0.